The number of ketones is 1. The van der Waals surface area contributed by atoms with E-state index in [1.54, 1.807) is 6.07 Å². The Morgan fingerprint density at radius 1 is 1.10 bits per heavy atom. The summed E-state index contributed by atoms with van der Waals surface area (Å²) < 4.78 is 37.6. The molecule has 2 aromatic carbocycles. The van der Waals surface area contributed by atoms with Crippen LogP contribution in [0.4, 0.5) is 4.39 Å². The Morgan fingerprint density at radius 3 is 2.54 bits per heavy atom. The monoisotopic (exact) mass is 588 g/mol. The lowest BCUT2D eigenvalue weighted by atomic mass is 10.2. The summed E-state index contributed by atoms with van der Waals surface area (Å²) in [7, 11) is 1.40. The van der Waals surface area contributed by atoms with Crippen molar-refractivity contribution in [3.63, 3.8) is 0 Å². The van der Waals surface area contributed by atoms with Crippen molar-refractivity contribution in [2.45, 2.75) is 33.5 Å². The van der Waals surface area contributed by atoms with E-state index in [0.717, 1.165) is 4.57 Å². The van der Waals surface area contributed by atoms with Gasteiger partial charge >= 0.3 is 11.7 Å². The van der Waals surface area contributed by atoms with Crippen LogP contribution in [0.25, 0.3) is 16.9 Å². The van der Waals surface area contributed by atoms with Crippen LogP contribution >= 0.6 is 11.6 Å². The molecule has 0 amide bonds. The van der Waals surface area contributed by atoms with Gasteiger partial charge in [-0.3, -0.25) is 9.59 Å². The number of halogens is 2. The maximum Gasteiger partial charge on any atom is 0.332 e. The zero-order valence-corrected chi connectivity index (χ0v) is 23.1. The second-order valence-electron chi connectivity index (χ2n) is 8.67. The molecular weight excluding hydrogens is 563 g/mol. The highest BCUT2D eigenvalue weighted by Crippen LogP contribution is 2.37. The summed E-state index contributed by atoms with van der Waals surface area (Å²) in [5, 5.41) is 9.21. The molecule has 0 saturated heterocycles. The summed E-state index contributed by atoms with van der Waals surface area (Å²) in [6.07, 6.45) is 0.317. The molecule has 216 valence electrons. The molecule has 2 aromatic heterocycles. The van der Waals surface area contributed by atoms with Crippen LogP contribution in [0.1, 0.15) is 42.1 Å². The number of nitrogens with zero attached hydrogens (tertiary/aromatic N) is 3. The van der Waals surface area contributed by atoms with E-state index in [1.165, 1.54) is 45.2 Å². The third-order valence-electron chi connectivity index (χ3n) is 5.80. The number of fused-ring (bicyclic) bond motifs is 1. The smallest absolute Gasteiger partial charge is 0.332 e. The number of nitrogens with one attached hydrogen (secondary N) is 1. The Balaban J connectivity index is 1.85. The van der Waals surface area contributed by atoms with E-state index in [0.29, 0.717) is 6.42 Å². The summed E-state index contributed by atoms with van der Waals surface area (Å²) in [5.74, 6) is -1.09. The minimum Gasteiger partial charge on any atom is -0.496 e. The number of rotatable bonds is 12. The van der Waals surface area contributed by atoms with E-state index in [-0.39, 0.29) is 82.6 Å². The number of methoxy groups -OCH3 is 1. The van der Waals surface area contributed by atoms with Crippen LogP contribution in [0.15, 0.2) is 35.1 Å². The van der Waals surface area contributed by atoms with Crippen LogP contribution in [0.2, 0.25) is 5.02 Å². The predicted octanol–water partition coefficient (Wildman–Crippen LogP) is 3.52. The van der Waals surface area contributed by atoms with Crippen LogP contribution in [-0.2, 0) is 22.7 Å². The molecule has 12 nitrogen and oxygen atoms in total. The van der Waals surface area contributed by atoms with E-state index >= 15 is 0 Å². The molecule has 2 N–H and O–H groups in total. The lowest BCUT2D eigenvalue weighted by molar-refractivity contribution is -0.142. The van der Waals surface area contributed by atoms with Crippen LogP contribution in [0, 0.1) is 5.82 Å². The van der Waals surface area contributed by atoms with Crippen molar-refractivity contribution in [1.82, 2.24) is 19.5 Å². The average molecular weight is 589 g/mol. The van der Waals surface area contributed by atoms with Crippen molar-refractivity contribution in [1.29, 1.82) is 0 Å². The highest BCUT2D eigenvalue weighted by atomic mass is 35.5. The van der Waals surface area contributed by atoms with Crippen molar-refractivity contribution >= 4 is 34.5 Å². The standard InChI is InChI=1S/C27H26ClFN4O8/c1-14(35)24-25-26(31-23(30-24)13-40-15(2)36)33(27(37)32-25)19-11-22(21(10-17(19)28)39-9-5-8-34)41-12-16-18(29)6-4-7-20(16)38-3/h4,6-7,10-11,34H,5,8-9,12-13H2,1-3H3,(H,32,37). The van der Waals surface area contributed by atoms with E-state index in [2.05, 4.69) is 15.0 Å². The van der Waals surface area contributed by atoms with Gasteiger partial charge in [-0.15, -0.1) is 0 Å². The van der Waals surface area contributed by atoms with Gasteiger partial charge in [0.05, 0.1) is 30.0 Å². The summed E-state index contributed by atoms with van der Waals surface area (Å²) in [6, 6.07) is 7.15. The molecule has 14 heteroatoms. The molecule has 0 bridgehead atoms. The third-order valence-corrected chi connectivity index (χ3v) is 6.11. The second-order valence-corrected chi connectivity index (χ2v) is 9.08. The average Bonchev–Trinajstić information content (AvgIpc) is 3.26. The number of carbonyl (C=O) groups excluding carboxylic acids is 2. The van der Waals surface area contributed by atoms with Crippen molar-refractivity contribution in [3.05, 3.63) is 68.7 Å². The first-order chi connectivity index (χ1) is 19.6. The highest BCUT2D eigenvalue weighted by Gasteiger charge is 2.23. The number of H-pyrrole nitrogens is 1. The fraction of sp³-hybridized carbons (Fsp3) is 0.296. The Morgan fingerprint density at radius 2 is 1.85 bits per heavy atom. The molecule has 0 unspecified atom stereocenters. The summed E-state index contributed by atoms with van der Waals surface area (Å²) >= 11 is 6.59. The number of hydrogen-bond donors (Lipinski definition) is 2. The molecule has 4 aromatic rings. The normalized spacial score (nSPS) is 11.0. The number of aromatic amines is 1. The minimum absolute atomic E-state index is 0.00470. The SMILES string of the molecule is COc1cccc(F)c1COc1cc(-n2c(=O)[nH]c3c(C(C)=O)nc(COC(C)=O)nc32)c(Cl)cc1OCCCO. The fourth-order valence-corrected chi connectivity index (χ4v) is 4.17. The number of Topliss-reactive ketones (excluding diaryl/α,β-unsaturated/α-hetero) is 1. The lowest BCUT2D eigenvalue weighted by Gasteiger charge is -2.17. The molecule has 2 heterocycles. The first kappa shape index (κ1) is 29.5. The number of aliphatic hydroxyl groups is 1. The molecule has 0 fully saturated rings. The van der Waals surface area contributed by atoms with Crippen molar-refractivity contribution in [2.75, 3.05) is 20.3 Å². The Bertz CT molecular complexity index is 1670. The summed E-state index contributed by atoms with van der Waals surface area (Å²) in [5.41, 5.74) is -0.498. The molecule has 0 saturated carbocycles. The van der Waals surface area contributed by atoms with Gasteiger partial charge in [-0.05, 0) is 12.1 Å². The van der Waals surface area contributed by atoms with E-state index < -0.39 is 23.3 Å². The first-order valence-corrected chi connectivity index (χ1v) is 12.7. The van der Waals surface area contributed by atoms with Crippen LogP contribution in [0.5, 0.6) is 17.2 Å². The number of esters is 1. The van der Waals surface area contributed by atoms with Gasteiger partial charge in [0.15, 0.2) is 35.4 Å². The number of imidazole rings is 1. The van der Waals surface area contributed by atoms with Gasteiger partial charge < -0.3 is 29.0 Å². The van der Waals surface area contributed by atoms with Gasteiger partial charge in [-0.1, -0.05) is 17.7 Å². The van der Waals surface area contributed by atoms with Gasteiger partial charge in [0, 0.05) is 39.0 Å². The number of carbonyl (C=O) groups is 2. The van der Waals surface area contributed by atoms with E-state index in [1.807, 2.05) is 0 Å². The van der Waals surface area contributed by atoms with Crippen LogP contribution in [0.3, 0.4) is 0 Å². The number of aliphatic hydroxyl groups excluding tert-OH is 1. The largest absolute Gasteiger partial charge is 0.496 e. The number of ether oxygens (including phenoxy) is 4. The molecule has 0 spiro atoms. The fourth-order valence-electron chi connectivity index (χ4n) is 3.93. The molecule has 0 aliphatic carbocycles. The van der Waals surface area contributed by atoms with E-state index in [4.69, 9.17) is 35.7 Å². The maximum absolute atomic E-state index is 14.6. The van der Waals surface area contributed by atoms with Gasteiger partial charge in [-0.25, -0.2) is 23.7 Å². The minimum atomic E-state index is -0.695. The van der Waals surface area contributed by atoms with Gasteiger partial charge in [0.25, 0.3) is 0 Å². The molecule has 41 heavy (non-hydrogen) atoms. The lowest BCUT2D eigenvalue weighted by Crippen LogP contribution is -2.16. The summed E-state index contributed by atoms with van der Waals surface area (Å²) in [6.45, 7) is 1.87. The zero-order chi connectivity index (χ0) is 29.7. The molecule has 4 rings (SSSR count). The Labute approximate surface area is 237 Å². The van der Waals surface area contributed by atoms with Gasteiger partial charge in [-0.2, -0.15) is 0 Å². The number of benzene rings is 2. The van der Waals surface area contributed by atoms with Crippen molar-refractivity contribution in [2.24, 2.45) is 0 Å². The third kappa shape index (κ3) is 6.47. The number of hydrogen-bond acceptors (Lipinski definition) is 10. The first-order valence-electron chi connectivity index (χ1n) is 12.3. The Kier molecular flexibility index (Phi) is 9.20. The molecule has 0 atom stereocenters. The molecule has 0 aliphatic rings. The maximum atomic E-state index is 14.6. The summed E-state index contributed by atoms with van der Waals surface area (Å²) in [4.78, 5) is 47.9. The van der Waals surface area contributed by atoms with Gasteiger partial charge in [0.1, 0.15) is 29.4 Å². The van der Waals surface area contributed by atoms with Crippen LogP contribution < -0.4 is 19.9 Å². The zero-order valence-electron chi connectivity index (χ0n) is 22.3. The molecule has 0 aliphatic heterocycles. The topological polar surface area (TPSA) is 155 Å². The number of aromatic nitrogens is 4. The quantitative estimate of drug-likeness (QED) is 0.143. The van der Waals surface area contributed by atoms with Crippen molar-refractivity contribution in [3.8, 4) is 22.9 Å². The Hall–Kier alpha value is -4.49. The van der Waals surface area contributed by atoms with Crippen molar-refractivity contribution < 1.29 is 38.0 Å². The molecular formula is C27H26ClFN4O8. The van der Waals surface area contributed by atoms with Gasteiger partial charge in [0.2, 0.25) is 0 Å². The second kappa shape index (κ2) is 12.8. The van der Waals surface area contributed by atoms with Crippen LogP contribution in [-0.4, -0.2) is 56.7 Å². The molecule has 0 radical (unpaired) electrons. The predicted molar refractivity (Wildman–Crippen MR) is 144 cm³/mol. The highest BCUT2D eigenvalue weighted by molar-refractivity contribution is 6.32. The van der Waals surface area contributed by atoms with E-state index in [9.17, 15) is 18.8 Å².